The zero-order valence-corrected chi connectivity index (χ0v) is 18.4. The first-order valence-corrected chi connectivity index (χ1v) is 10.6. The second kappa shape index (κ2) is 9.97. The highest BCUT2D eigenvalue weighted by Gasteiger charge is 2.41. The number of nitrogens with zero attached hydrogens (tertiary/aromatic N) is 1. The number of nitrogens with one attached hydrogen (secondary N) is 2. The van der Waals surface area contributed by atoms with Crippen molar-refractivity contribution in [1.82, 2.24) is 4.90 Å². The van der Waals surface area contributed by atoms with Crippen LogP contribution in [0.25, 0.3) is 0 Å². The monoisotopic (exact) mass is 460 g/mol. The number of nitrogens with two attached hydrogens (primary N) is 1. The Hall–Kier alpha value is -3.49. The number of fused-ring (bicyclic) bond motifs is 1. The Morgan fingerprint density at radius 1 is 1.24 bits per heavy atom. The molecule has 2 aromatic rings. The van der Waals surface area contributed by atoms with Crippen molar-refractivity contribution in [1.29, 1.82) is 5.41 Å². The predicted octanol–water partition coefficient (Wildman–Crippen LogP) is 4.75. The molecule has 1 unspecified atom stereocenters. The van der Waals surface area contributed by atoms with E-state index in [1.54, 1.807) is 23.1 Å². The molecule has 0 aliphatic carbocycles. The van der Waals surface area contributed by atoms with E-state index in [4.69, 9.17) is 11.1 Å². The van der Waals surface area contributed by atoms with E-state index in [-0.39, 0.29) is 23.5 Å². The maximum absolute atomic E-state index is 13.3. The number of benzene rings is 2. The van der Waals surface area contributed by atoms with Crippen molar-refractivity contribution < 1.29 is 22.7 Å². The molecular formula is C24H27F3N4O2. The zero-order valence-electron chi connectivity index (χ0n) is 18.4. The van der Waals surface area contributed by atoms with Crippen molar-refractivity contribution >= 4 is 17.8 Å². The zero-order chi connectivity index (χ0) is 24.2. The molecule has 0 saturated heterocycles. The third-order valence-corrected chi connectivity index (χ3v) is 5.42. The number of amides is 1. The first-order chi connectivity index (χ1) is 15.6. The molecule has 0 saturated carbocycles. The number of ether oxygens (including phenoxy) is 1. The first-order valence-electron chi connectivity index (χ1n) is 10.6. The minimum Gasteiger partial charge on any atom is -0.406 e. The minimum atomic E-state index is -4.78. The van der Waals surface area contributed by atoms with Gasteiger partial charge in [0.05, 0.1) is 6.04 Å². The van der Waals surface area contributed by atoms with Crippen molar-refractivity contribution in [3.8, 4) is 5.75 Å². The third-order valence-electron chi connectivity index (χ3n) is 5.42. The average molecular weight is 461 g/mol. The molecule has 2 aromatic carbocycles. The van der Waals surface area contributed by atoms with E-state index in [0.29, 0.717) is 29.9 Å². The number of carbonyl (C=O) groups excluding carboxylic acids is 1. The lowest BCUT2D eigenvalue weighted by molar-refractivity contribution is -0.274. The third kappa shape index (κ3) is 5.66. The highest BCUT2D eigenvalue weighted by Crippen LogP contribution is 2.37. The summed E-state index contributed by atoms with van der Waals surface area (Å²) in [5, 5.41) is 11.0. The van der Waals surface area contributed by atoms with Gasteiger partial charge in [-0.3, -0.25) is 4.79 Å². The summed E-state index contributed by atoms with van der Waals surface area (Å²) < 4.78 is 41.8. The quantitative estimate of drug-likeness (QED) is 0.496. The molecular weight excluding hydrogens is 433 g/mol. The van der Waals surface area contributed by atoms with Crippen molar-refractivity contribution in [2.24, 2.45) is 11.7 Å². The summed E-state index contributed by atoms with van der Waals surface area (Å²) >= 11 is 0. The topological polar surface area (TPSA) is 91.4 Å². The van der Waals surface area contributed by atoms with E-state index in [1.165, 1.54) is 24.4 Å². The highest BCUT2D eigenvalue weighted by molar-refractivity contribution is 5.99. The van der Waals surface area contributed by atoms with Gasteiger partial charge < -0.3 is 26.1 Å². The summed E-state index contributed by atoms with van der Waals surface area (Å²) in [7, 11) is 0. The predicted molar refractivity (Wildman–Crippen MR) is 122 cm³/mol. The maximum Gasteiger partial charge on any atom is 0.573 e. The van der Waals surface area contributed by atoms with Gasteiger partial charge in [-0.2, -0.15) is 0 Å². The van der Waals surface area contributed by atoms with Gasteiger partial charge in [0, 0.05) is 54.3 Å². The largest absolute Gasteiger partial charge is 0.573 e. The van der Waals surface area contributed by atoms with Gasteiger partial charge >= 0.3 is 6.36 Å². The lowest BCUT2D eigenvalue weighted by atomic mass is 9.79. The molecule has 1 heterocycles. The Kier molecular flexibility index (Phi) is 7.30. The second-order valence-electron chi connectivity index (χ2n) is 8.26. The number of carbonyl (C=O) groups is 1. The lowest BCUT2D eigenvalue weighted by Crippen LogP contribution is -2.52. The number of alkyl halides is 3. The van der Waals surface area contributed by atoms with E-state index >= 15 is 0 Å². The Bertz CT molecular complexity index is 1040. The minimum absolute atomic E-state index is 0.137. The van der Waals surface area contributed by atoms with Gasteiger partial charge in [-0.1, -0.05) is 38.1 Å². The number of hydrogen-bond donors (Lipinski definition) is 3. The van der Waals surface area contributed by atoms with Crippen LogP contribution in [0.2, 0.25) is 0 Å². The number of rotatable bonds is 8. The molecule has 3 rings (SSSR count). The normalized spacial score (nSPS) is 18.8. The van der Waals surface area contributed by atoms with Gasteiger partial charge in [-0.25, -0.2) is 0 Å². The summed E-state index contributed by atoms with van der Waals surface area (Å²) in [6.45, 7) is 4.76. The first kappa shape index (κ1) is 24.2. The Balaban J connectivity index is 1.98. The van der Waals surface area contributed by atoms with Gasteiger partial charge in [0.25, 0.3) is 5.91 Å². The fourth-order valence-corrected chi connectivity index (χ4v) is 4.17. The summed E-state index contributed by atoms with van der Waals surface area (Å²) in [6, 6.07) is 12.4. The van der Waals surface area contributed by atoms with Crippen molar-refractivity contribution in [2.45, 2.75) is 32.2 Å². The lowest BCUT2D eigenvalue weighted by Gasteiger charge is -2.43. The molecule has 1 aliphatic rings. The highest BCUT2D eigenvalue weighted by atomic mass is 19.4. The van der Waals surface area contributed by atoms with Crippen LogP contribution in [-0.2, 0) is 0 Å². The summed E-state index contributed by atoms with van der Waals surface area (Å²) in [4.78, 5) is 15.1. The average Bonchev–Trinajstić information content (AvgIpc) is 2.75. The van der Waals surface area contributed by atoms with Crippen LogP contribution in [0.4, 0.5) is 18.9 Å². The van der Waals surface area contributed by atoms with Gasteiger partial charge in [-0.15, -0.1) is 13.2 Å². The van der Waals surface area contributed by atoms with Crippen LogP contribution in [-0.4, -0.2) is 42.5 Å². The number of anilines is 1. The fraction of sp³-hybridized carbons (Fsp3) is 0.333. The van der Waals surface area contributed by atoms with Gasteiger partial charge in [-0.05, 0) is 29.7 Å². The molecule has 9 heteroatoms. The smallest absolute Gasteiger partial charge is 0.406 e. The number of hydrogen-bond acceptors (Lipinski definition) is 5. The molecule has 1 amide bonds. The van der Waals surface area contributed by atoms with Crippen LogP contribution >= 0.6 is 0 Å². The Morgan fingerprint density at radius 2 is 1.97 bits per heavy atom. The Labute approximate surface area is 190 Å². The van der Waals surface area contributed by atoms with E-state index in [1.807, 2.05) is 26.0 Å². The van der Waals surface area contributed by atoms with Crippen LogP contribution in [0.3, 0.4) is 0 Å². The van der Waals surface area contributed by atoms with Crippen molar-refractivity contribution in [2.75, 3.05) is 18.4 Å². The van der Waals surface area contributed by atoms with E-state index in [0.717, 1.165) is 11.8 Å². The molecule has 2 atom stereocenters. The second-order valence-corrected chi connectivity index (χ2v) is 8.26. The van der Waals surface area contributed by atoms with E-state index in [9.17, 15) is 18.0 Å². The number of halogens is 3. The SMILES string of the molecule is CC(C)CN1C(=O)c2ccccc2C(CNc2cccc(OC(F)(F)F)c2)[C@H]1/C(C=N)=C/N. The summed E-state index contributed by atoms with van der Waals surface area (Å²) in [5.41, 5.74) is 8.11. The molecule has 176 valence electrons. The molecule has 4 N–H and O–H groups in total. The standard InChI is InChI=1S/C24H27F3N4O2/c1-15(2)14-31-22(16(11-28)12-29)21(19-8-3-4-9-20(19)23(31)32)13-30-17-6-5-7-18(10-17)33-24(25,26)27/h3-12,15,21-22,28,30H,13-14,29H2,1-2H3/b16-12+,28-11?/t21?,22-/m1/s1. The van der Waals surface area contributed by atoms with Crippen LogP contribution in [0.15, 0.2) is 60.3 Å². The molecule has 6 nitrogen and oxygen atoms in total. The molecule has 0 aromatic heterocycles. The van der Waals surface area contributed by atoms with Crippen molar-refractivity contribution in [3.05, 3.63) is 71.4 Å². The van der Waals surface area contributed by atoms with E-state index < -0.39 is 12.4 Å². The summed E-state index contributed by atoms with van der Waals surface area (Å²) in [5.74, 6) is -0.577. The van der Waals surface area contributed by atoms with Crippen LogP contribution in [0.5, 0.6) is 5.75 Å². The molecule has 33 heavy (non-hydrogen) atoms. The van der Waals surface area contributed by atoms with Gasteiger partial charge in [0.2, 0.25) is 0 Å². The fourth-order valence-electron chi connectivity index (χ4n) is 4.17. The molecule has 0 spiro atoms. The summed E-state index contributed by atoms with van der Waals surface area (Å²) in [6.07, 6.45) is -2.31. The molecule has 0 bridgehead atoms. The Morgan fingerprint density at radius 3 is 2.61 bits per heavy atom. The van der Waals surface area contributed by atoms with Gasteiger partial charge in [0.15, 0.2) is 0 Å². The van der Waals surface area contributed by atoms with Crippen LogP contribution < -0.4 is 15.8 Å². The van der Waals surface area contributed by atoms with Gasteiger partial charge in [0.1, 0.15) is 5.75 Å². The molecule has 0 radical (unpaired) electrons. The van der Waals surface area contributed by atoms with Crippen LogP contribution in [0, 0.1) is 11.3 Å². The molecule has 1 aliphatic heterocycles. The van der Waals surface area contributed by atoms with Crippen molar-refractivity contribution in [3.63, 3.8) is 0 Å². The molecule has 0 fully saturated rings. The van der Waals surface area contributed by atoms with Crippen LogP contribution in [0.1, 0.15) is 35.7 Å². The maximum atomic E-state index is 13.3. The van der Waals surface area contributed by atoms with E-state index in [2.05, 4.69) is 10.1 Å².